The second kappa shape index (κ2) is 10.6. The number of rotatable bonds is 7. The molecule has 1 aromatic rings. The Bertz CT molecular complexity index is 739. The van der Waals surface area contributed by atoms with E-state index >= 15 is 0 Å². The minimum absolute atomic E-state index is 0.0812. The maximum Gasteiger partial charge on any atom is 0.313 e. The van der Waals surface area contributed by atoms with Gasteiger partial charge in [-0.3, -0.25) is 14.4 Å². The van der Waals surface area contributed by atoms with Gasteiger partial charge in [-0.15, -0.1) is 0 Å². The third-order valence-electron chi connectivity index (χ3n) is 6.13. The number of benzene rings is 1. The van der Waals surface area contributed by atoms with Crippen LogP contribution in [0.3, 0.4) is 0 Å². The van der Waals surface area contributed by atoms with Crippen molar-refractivity contribution in [2.24, 2.45) is 0 Å². The second-order valence-electron chi connectivity index (χ2n) is 8.07. The number of carbonyl (C=O) groups excluding carboxylic acids is 3. The molecule has 1 unspecified atom stereocenters. The molecule has 30 heavy (non-hydrogen) atoms. The molecule has 0 radical (unpaired) electrons. The third-order valence-corrected chi connectivity index (χ3v) is 6.13. The van der Waals surface area contributed by atoms with Gasteiger partial charge in [-0.05, 0) is 31.5 Å². The van der Waals surface area contributed by atoms with Gasteiger partial charge in [0, 0.05) is 39.3 Å². The van der Waals surface area contributed by atoms with Crippen LogP contribution < -0.4 is 0 Å². The monoisotopic (exact) mass is 414 g/mol. The van der Waals surface area contributed by atoms with Gasteiger partial charge >= 0.3 is 11.8 Å². The molecular weight excluding hydrogens is 380 g/mol. The minimum atomic E-state index is -0.746. The van der Waals surface area contributed by atoms with Gasteiger partial charge in [-0.2, -0.15) is 0 Å². The molecule has 0 spiro atoms. The van der Waals surface area contributed by atoms with Crippen LogP contribution in [0.1, 0.15) is 44.7 Å². The van der Waals surface area contributed by atoms with Gasteiger partial charge in [-0.25, -0.2) is 0 Å². The lowest BCUT2D eigenvalue weighted by Gasteiger charge is -2.39. The number of nitrogens with zero attached hydrogens (tertiary/aromatic N) is 4. The number of unbranched alkanes of at least 4 members (excludes halogenated alkanes) is 1. The van der Waals surface area contributed by atoms with Crippen LogP contribution in [-0.2, 0) is 14.4 Å². The molecule has 1 aromatic carbocycles. The highest BCUT2D eigenvalue weighted by atomic mass is 16.2. The van der Waals surface area contributed by atoms with Crippen LogP contribution in [0.15, 0.2) is 30.3 Å². The van der Waals surface area contributed by atoms with Gasteiger partial charge < -0.3 is 19.6 Å². The SMILES string of the molecule is CCCCN1CCN(C(C(=O)N2CCCN(CC)CC2)c2ccccc2)C(=O)C1=O. The van der Waals surface area contributed by atoms with Crippen LogP contribution >= 0.6 is 0 Å². The smallest absolute Gasteiger partial charge is 0.313 e. The summed E-state index contributed by atoms with van der Waals surface area (Å²) in [7, 11) is 0. The molecule has 7 heteroatoms. The number of hydrogen-bond acceptors (Lipinski definition) is 4. The average Bonchev–Trinajstić information content (AvgIpc) is 3.03. The Balaban J connectivity index is 1.82. The Morgan fingerprint density at radius 2 is 1.70 bits per heavy atom. The third kappa shape index (κ3) is 5.01. The zero-order valence-corrected chi connectivity index (χ0v) is 18.3. The molecule has 0 saturated carbocycles. The lowest BCUT2D eigenvalue weighted by molar-refractivity contribution is -0.161. The highest BCUT2D eigenvalue weighted by Gasteiger charge is 2.41. The molecule has 7 nitrogen and oxygen atoms in total. The van der Waals surface area contributed by atoms with E-state index in [1.807, 2.05) is 35.2 Å². The molecule has 0 aromatic heterocycles. The van der Waals surface area contributed by atoms with Crippen molar-refractivity contribution in [1.82, 2.24) is 19.6 Å². The largest absolute Gasteiger partial charge is 0.339 e. The molecule has 1 atom stereocenters. The summed E-state index contributed by atoms with van der Waals surface area (Å²) >= 11 is 0. The van der Waals surface area contributed by atoms with Crippen molar-refractivity contribution in [2.75, 3.05) is 52.4 Å². The first kappa shape index (κ1) is 22.3. The van der Waals surface area contributed by atoms with Crippen molar-refractivity contribution in [1.29, 1.82) is 0 Å². The fraction of sp³-hybridized carbons (Fsp3) is 0.609. The number of likely N-dealkylation sites (N-methyl/N-ethyl adjacent to an activating group) is 1. The fourth-order valence-electron chi connectivity index (χ4n) is 4.27. The predicted octanol–water partition coefficient (Wildman–Crippen LogP) is 1.75. The summed E-state index contributed by atoms with van der Waals surface area (Å²) in [5, 5.41) is 0. The molecule has 2 aliphatic rings. The first-order valence-corrected chi connectivity index (χ1v) is 11.2. The summed E-state index contributed by atoms with van der Waals surface area (Å²) in [6.07, 6.45) is 2.76. The van der Waals surface area contributed by atoms with Crippen LogP contribution in [0.25, 0.3) is 0 Å². The average molecular weight is 415 g/mol. The van der Waals surface area contributed by atoms with E-state index in [-0.39, 0.29) is 5.91 Å². The van der Waals surface area contributed by atoms with Gasteiger partial charge in [0.15, 0.2) is 0 Å². The maximum absolute atomic E-state index is 13.6. The summed E-state index contributed by atoms with van der Waals surface area (Å²) in [5.41, 5.74) is 0.766. The molecule has 3 amide bonds. The highest BCUT2D eigenvalue weighted by Crippen LogP contribution is 2.26. The standard InChI is InChI=1S/C23H34N4O3/c1-3-5-13-26-17-18-27(23(30)22(26)29)20(19-10-7-6-8-11-19)21(28)25-14-9-12-24(4-2)15-16-25/h6-8,10-11,20H,3-5,9,12-18H2,1-2H3. The number of carbonyl (C=O) groups is 3. The van der Waals surface area contributed by atoms with Gasteiger partial charge in [0.25, 0.3) is 0 Å². The number of hydrogen-bond donors (Lipinski definition) is 0. The van der Waals surface area contributed by atoms with E-state index in [9.17, 15) is 14.4 Å². The molecule has 2 heterocycles. The van der Waals surface area contributed by atoms with Crippen LogP contribution in [-0.4, -0.2) is 89.7 Å². The van der Waals surface area contributed by atoms with Crippen LogP contribution in [0.5, 0.6) is 0 Å². The van der Waals surface area contributed by atoms with Crippen molar-refractivity contribution in [3.8, 4) is 0 Å². The molecule has 164 valence electrons. The van der Waals surface area contributed by atoms with Gasteiger partial charge in [0.05, 0.1) is 0 Å². The topological polar surface area (TPSA) is 64.2 Å². The summed E-state index contributed by atoms with van der Waals surface area (Å²) in [4.78, 5) is 46.7. The quantitative estimate of drug-likeness (QED) is 0.638. The van der Waals surface area contributed by atoms with Crippen LogP contribution in [0, 0.1) is 0 Å². The molecule has 3 rings (SSSR count). The van der Waals surface area contributed by atoms with Crippen molar-refractivity contribution in [2.45, 2.75) is 39.2 Å². The van der Waals surface area contributed by atoms with E-state index < -0.39 is 17.9 Å². The van der Waals surface area contributed by atoms with E-state index in [2.05, 4.69) is 18.7 Å². The van der Waals surface area contributed by atoms with Crippen molar-refractivity contribution in [3.05, 3.63) is 35.9 Å². The first-order chi connectivity index (χ1) is 14.6. The van der Waals surface area contributed by atoms with Crippen molar-refractivity contribution in [3.63, 3.8) is 0 Å². The fourth-order valence-corrected chi connectivity index (χ4v) is 4.27. The van der Waals surface area contributed by atoms with E-state index in [0.29, 0.717) is 32.7 Å². The molecule has 2 aliphatic heterocycles. The molecule has 0 N–H and O–H groups in total. The van der Waals surface area contributed by atoms with E-state index in [1.165, 1.54) is 4.90 Å². The van der Waals surface area contributed by atoms with Crippen molar-refractivity contribution >= 4 is 17.7 Å². The molecule has 0 bridgehead atoms. The molecule has 0 aliphatic carbocycles. The second-order valence-corrected chi connectivity index (χ2v) is 8.07. The Labute approximate surface area is 179 Å². The summed E-state index contributed by atoms with van der Waals surface area (Å²) < 4.78 is 0. The van der Waals surface area contributed by atoms with E-state index in [0.717, 1.165) is 44.5 Å². The maximum atomic E-state index is 13.6. The molecule has 2 fully saturated rings. The van der Waals surface area contributed by atoms with E-state index in [4.69, 9.17) is 0 Å². The lowest BCUT2D eigenvalue weighted by Crippen LogP contribution is -2.57. The zero-order valence-electron chi connectivity index (χ0n) is 18.3. The Hall–Kier alpha value is -2.41. The van der Waals surface area contributed by atoms with Gasteiger partial charge in [0.1, 0.15) is 6.04 Å². The highest BCUT2D eigenvalue weighted by molar-refractivity contribution is 6.35. The van der Waals surface area contributed by atoms with Crippen molar-refractivity contribution < 1.29 is 14.4 Å². The zero-order chi connectivity index (χ0) is 21.5. The minimum Gasteiger partial charge on any atom is -0.339 e. The Kier molecular flexibility index (Phi) is 7.85. The van der Waals surface area contributed by atoms with E-state index in [1.54, 1.807) is 4.90 Å². The molecule has 2 saturated heterocycles. The van der Waals surface area contributed by atoms with Crippen LogP contribution in [0.4, 0.5) is 0 Å². The normalized spacial score (nSPS) is 19.7. The van der Waals surface area contributed by atoms with Gasteiger partial charge in [-0.1, -0.05) is 50.6 Å². The molecular formula is C23H34N4O3. The first-order valence-electron chi connectivity index (χ1n) is 11.2. The van der Waals surface area contributed by atoms with Crippen LogP contribution in [0.2, 0.25) is 0 Å². The number of amides is 3. The Morgan fingerprint density at radius 3 is 2.40 bits per heavy atom. The summed E-state index contributed by atoms with van der Waals surface area (Å²) in [6.45, 7) is 9.76. The number of piperazine rings is 1. The summed E-state index contributed by atoms with van der Waals surface area (Å²) in [5.74, 6) is -1.14. The Morgan fingerprint density at radius 1 is 0.933 bits per heavy atom. The summed E-state index contributed by atoms with van der Waals surface area (Å²) in [6, 6.07) is 8.65. The predicted molar refractivity (Wildman–Crippen MR) is 116 cm³/mol. The lowest BCUT2D eigenvalue weighted by atomic mass is 10.0. The van der Waals surface area contributed by atoms with Gasteiger partial charge in [0.2, 0.25) is 5.91 Å².